The average molecular weight is 531 g/mol. The first kappa shape index (κ1) is 23.9. The van der Waals surface area contributed by atoms with Crippen molar-refractivity contribution in [2.75, 3.05) is 18.4 Å². The maximum Gasteiger partial charge on any atom is 0.261 e. The quantitative estimate of drug-likeness (QED) is 0.312. The number of anilines is 2. The molecule has 0 atom stereocenters. The Labute approximate surface area is 215 Å². The van der Waals surface area contributed by atoms with Gasteiger partial charge in [0.05, 0.1) is 15.3 Å². The predicted molar refractivity (Wildman–Crippen MR) is 137 cm³/mol. The molecule has 0 spiro atoms. The Kier molecular flexibility index (Phi) is 7.10. The van der Waals surface area contributed by atoms with Gasteiger partial charge in [-0.2, -0.15) is 0 Å². The van der Waals surface area contributed by atoms with Crippen molar-refractivity contribution in [3.63, 3.8) is 0 Å². The topological polar surface area (TPSA) is 83.0 Å². The van der Waals surface area contributed by atoms with Gasteiger partial charge in [0, 0.05) is 43.1 Å². The standard InChI is InChI=1S/C24H21Cl2FN6OS/c25-18-10-16(3-4-19(18)27)31-22-17-11-20(35-24(17)30-13-29-22)23(34)32-15-5-8-33(9-6-15)12-14-2-1-7-28-21(14)26/h1-4,7,10-11,13,15H,5-6,8-9,12H2,(H,32,34)(H,29,30,31). The lowest BCUT2D eigenvalue weighted by atomic mass is 10.0. The highest BCUT2D eigenvalue weighted by atomic mass is 35.5. The summed E-state index contributed by atoms with van der Waals surface area (Å²) in [6.07, 6.45) is 4.82. The Balaban J connectivity index is 1.22. The zero-order valence-electron chi connectivity index (χ0n) is 18.5. The molecule has 1 aliphatic rings. The van der Waals surface area contributed by atoms with Gasteiger partial charge in [0.15, 0.2) is 0 Å². The lowest BCUT2D eigenvalue weighted by Crippen LogP contribution is -2.44. The number of likely N-dealkylation sites (tertiary alicyclic amines) is 1. The van der Waals surface area contributed by atoms with Crippen LogP contribution in [0.5, 0.6) is 0 Å². The lowest BCUT2D eigenvalue weighted by molar-refractivity contribution is 0.0913. The summed E-state index contributed by atoms with van der Waals surface area (Å²) in [4.78, 5) is 29.3. The fourth-order valence-electron chi connectivity index (χ4n) is 4.05. The minimum absolute atomic E-state index is 0.0141. The van der Waals surface area contributed by atoms with E-state index in [0.717, 1.165) is 38.0 Å². The Bertz CT molecular complexity index is 1380. The second kappa shape index (κ2) is 10.4. The maximum absolute atomic E-state index is 13.5. The van der Waals surface area contributed by atoms with E-state index < -0.39 is 5.82 Å². The van der Waals surface area contributed by atoms with Gasteiger partial charge in [0.2, 0.25) is 0 Å². The van der Waals surface area contributed by atoms with E-state index in [9.17, 15) is 9.18 Å². The first-order valence-corrected chi connectivity index (χ1v) is 12.6. The summed E-state index contributed by atoms with van der Waals surface area (Å²) in [5, 5.41) is 7.55. The number of carbonyl (C=O) groups excluding carboxylic acids is 1. The van der Waals surface area contributed by atoms with Gasteiger partial charge < -0.3 is 10.6 Å². The number of halogens is 3. The molecule has 1 fully saturated rings. The van der Waals surface area contributed by atoms with Gasteiger partial charge in [0.25, 0.3) is 5.91 Å². The molecule has 1 aliphatic heterocycles. The van der Waals surface area contributed by atoms with Gasteiger partial charge in [-0.1, -0.05) is 29.3 Å². The molecule has 7 nitrogen and oxygen atoms in total. The van der Waals surface area contributed by atoms with Crippen molar-refractivity contribution in [3.8, 4) is 0 Å². The summed E-state index contributed by atoms with van der Waals surface area (Å²) in [6.45, 7) is 2.47. The SMILES string of the molecule is O=C(NC1CCN(Cc2cccnc2Cl)CC1)c1cc2c(Nc3ccc(F)c(Cl)c3)ncnc2s1. The molecule has 0 saturated carbocycles. The van der Waals surface area contributed by atoms with Crippen LogP contribution in [0.1, 0.15) is 28.1 Å². The van der Waals surface area contributed by atoms with Crippen LogP contribution in [0.2, 0.25) is 10.2 Å². The van der Waals surface area contributed by atoms with Crippen LogP contribution >= 0.6 is 34.5 Å². The Morgan fingerprint density at radius 3 is 2.74 bits per heavy atom. The number of hydrogen-bond acceptors (Lipinski definition) is 7. The number of amides is 1. The van der Waals surface area contributed by atoms with E-state index in [1.807, 2.05) is 12.1 Å². The number of fused-ring (bicyclic) bond motifs is 1. The molecule has 0 unspecified atom stereocenters. The molecule has 11 heteroatoms. The van der Waals surface area contributed by atoms with Crippen LogP contribution in [0.4, 0.5) is 15.9 Å². The Morgan fingerprint density at radius 2 is 1.97 bits per heavy atom. The molecule has 5 rings (SSSR count). The summed E-state index contributed by atoms with van der Waals surface area (Å²) in [5.41, 5.74) is 1.60. The molecule has 4 aromatic rings. The second-order valence-corrected chi connectivity index (χ2v) is 10.1. The van der Waals surface area contributed by atoms with Crippen LogP contribution in [-0.4, -0.2) is 44.9 Å². The summed E-state index contributed by atoms with van der Waals surface area (Å²) >= 11 is 13.4. The molecule has 0 bridgehead atoms. The molecular weight excluding hydrogens is 510 g/mol. The van der Waals surface area contributed by atoms with Crippen LogP contribution in [0, 0.1) is 5.82 Å². The minimum atomic E-state index is -0.494. The number of carbonyl (C=O) groups is 1. The first-order chi connectivity index (χ1) is 17.0. The largest absolute Gasteiger partial charge is 0.349 e. The highest BCUT2D eigenvalue weighted by Crippen LogP contribution is 2.31. The van der Waals surface area contributed by atoms with Crippen molar-refractivity contribution in [1.82, 2.24) is 25.2 Å². The summed E-state index contributed by atoms with van der Waals surface area (Å²) in [5.74, 6) is -0.0980. The van der Waals surface area contributed by atoms with Gasteiger partial charge in [-0.25, -0.2) is 19.3 Å². The molecule has 1 amide bonds. The number of hydrogen-bond donors (Lipinski definition) is 2. The zero-order chi connectivity index (χ0) is 24.4. The molecule has 0 aliphatic carbocycles. The molecule has 4 heterocycles. The third-order valence-electron chi connectivity index (χ3n) is 5.89. The number of pyridine rings is 1. The van der Waals surface area contributed by atoms with Crippen LogP contribution in [0.15, 0.2) is 48.9 Å². The molecule has 1 aromatic carbocycles. The van der Waals surface area contributed by atoms with Gasteiger partial charge in [-0.05, 0) is 43.2 Å². The lowest BCUT2D eigenvalue weighted by Gasteiger charge is -2.32. The number of piperidine rings is 1. The maximum atomic E-state index is 13.5. The van der Waals surface area contributed by atoms with E-state index in [2.05, 4.69) is 30.5 Å². The second-order valence-electron chi connectivity index (χ2n) is 8.28. The van der Waals surface area contributed by atoms with Crippen molar-refractivity contribution < 1.29 is 9.18 Å². The Hall–Kier alpha value is -2.85. The number of rotatable bonds is 6. The number of nitrogens with one attached hydrogen (secondary N) is 2. The van der Waals surface area contributed by atoms with E-state index in [-0.39, 0.29) is 17.0 Å². The predicted octanol–water partition coefficient (Wildman–Crippen LogP) is 5.67. The van der Waals surface area contributed by atoms with E-state index in [1.165, 1.54) is 29.8 Å². The fourth-order valence-corrected chi connectivity index (χ4v) is 5.31. The minimum Gasteiger partial charge on any atom is -0.349 e. The van der Waals surface area contributed by atoms with Crippen LogP contribution in [0.25, 0.3) is 10.2 Å². The first-order valence-electron chi connectivity index (χ1n) is 11.1. The van der Waals surface area contributed by atoms with E-state index in [0.29, 0.717) is 31.8 Å². The monoisotopic (exact) mass is 530 g/mol. The van der Waals surface area contributed by atoms with Gasteiger partial charge in [0.1, 0.15) is 27.9 Å². The van der Waals surface area contributed by atoms with E-state index in [1.54, 1.807) is 18.3 Å². The summed E-state index contributed by atoms with van der Waals surface area (Å²) < 4.78 is 13.5. The fraction of sp³-hybridized carbons (Fsp3) is 0.250. The number of aromatic nitrogens is 3. The molecule has 35 heavy (non-hydrogen) atoms. The zero-order valence-corrected chi connectivity index (χ0v) is 20.8. The third-order valence-corrected chi connectivity index (χ3v) is 7.56. The van der Waals surface area contributed by atoms with Crippen molar-refractivity contribution in [2.45, 2.75) is 25.4 Å². The van der Waals surface area contributed by atoms with E-state index >= 15 is 0 Å². The van der Waals surface area contributed by atoms with Gasteiger partial charge in [-0.15, -0.1) is 11.3 Å². The number of nitrogens with zero attached hydrogens (tertiary/aromatic N) is 4. The van der Waals surface area contributed by atoms with Crippen LogP contribution in [0.3, 0.4) is 0 Å². The Morgan fingerprint density at radius 1 is 1.14 bits per heavy atom. The molecule has 2 N–H and O–H groups in total. The molecule has 180 valence electrons. The molecule has 0 radical (unpaired) electrons. The van der Waals surface area contributed by atoms with Crippen molar-refractivity contribution >= 4 is 62.2 Å². The molecule has 3 aromatic heterocycles. The van der Waals surface area contributed by atoms with Crippen LogP contribution < -0.4 is 10.6 Å². The van der Waals surface area contributed by atoms with Crippen molar-refractivity contribution in [2.24, 2.45) is 0 Å². The van der Waals surface area contributed by atoms with Crippen molar-refractivity contribution in [3.05, 3.63) is 75.4 Å². The van der Waals surface area contributed by atoms with Crippen molar-refractivity contribution in [1.29, 1.82) is 0 Å². The summed E-state index contributed by atoms with van der Waals surface area (Å²) in [6, 6.07) is 10.1. The number of benzene rings is 1. The molecular formula is C24H21Cl2FN6OS. The van der Waals surface area contributed by atoms with Gasteiger partial charge in [-0.3, -0.25) is 9.69 Å². The molecule has 1 saturated heterocycles. The normalized spacial score (nSPS) is 14.8. The smallest absolute Gasteiger partial charge is 0.261 e. The highest BCUT2D eigenvalue weighted by molar-refractivity contribution is 7.20. The van der Waals surface area contributed by atoms with Gasteiger partial charge >= 0.3 is 0 Å². The van der Waals surface area contributed by atoms with E-state index in [4.69, 9.17) is 23.2 Å². The third kappa shape index (κ3) is 5.54. The number of thiophene rings is 1. The summed E-state index contributed by atoms with van der Waals surface area (Å²) in [7, 11) is 0. The highest BCUT2D eigenvalue weighted by Gasteiger charge is 2.23. The van der Waals surface area contributed by atoms with Crippen LogP contribution in [-0.2, 0) is 6.54 Å². The average Bonchev–Trinajstić information content (AvgIpc) is 3.30.